The van der Waals surface area contributed by atoms with Crippen LogP contribution in [-0.4, -0.2) is 21.6 Å². The maximum Gasteiger partial charge on any atom is 0.340 e. The van der Waals surface area contributed by atoms with Gasteiger partial charge in [-0.25, -0.2) is 5.90 Å². The molecule has 1 fully saturated rings. The van der Waals surface area contributed by atoms with Gasteiger partial charge in [-0.05, 0) is 49.6 Å². The van der Waals surface area contributed by atoms with E-state index in [0.717, 1.165) is 18.4 Å². The second-order valence-electron chi connectivity index (χ2n) is 6.73. The van der Waals surface area contributed by atoms with Gasteiger partial charge < -0.3 is 13.8 Å². The van der Waals surface area contributed by atoms with Crippen LogP contribution in [-0.2, 0) is 15.0 Å². The molecule has 0 atom stereocenters. The van der Waals surface area contributed by atoms with Gasteiger partial charge in [0.2, 0.25) is 0 Å². The zero-order valence-electron chi connectivity index (χ0n) is 14.8. The van der Waals surface area contributed by atoms with Crippen molar-refractivity contribution in [3.8, 4) is 17.6 Å². The molecule has 8 heteroatoms. The van der Waals surface area contributed by atoms with Crippen molar-refractivity contribution in [3.05, 3.63) is 53.6 Å². The number of ether oxygens (including phenoxy) is 1. The molecule has 0 amide bonds. The van der Waals surface area contributed by atoms with Crippen molar-refractivity contribution in [1.82, 2.24) is 0 Å². The van der Waals surface area contributed by atoms with E-state index in [0.29, 0.717) is 19.0 Å². The number of benzene rings is 2. The first-order valence-corrected chi connectivity index (χ1v) is 9.78. The Balaban J connectivity index is 1.79. The predicted molar refractivity (Wildman–Crippen MR) is 97.5 cm³/mol. The summed E-state index contributed by atoms with van der Waals surface area (Å²) >= 11 is 0. The van der Waals surface area contributed by atoms with Crippen LogP contribution >= 0.6 is 0 Å². The molecule has 0 aromatic heterocycles. The molecule has 0 saturated heterocycles. The summed E-state index contributed by atoms with van der Waals surface area (Å²) in [5.74, 6) is 5.78. The van der Waals surface area contributed by atoms with Gasteiger partial charge in [0.25, 0.3) is 0 Å². The lowest BCUT2D eigenvalue weighted by Crippen LogP contribution is -2.21. The monoisotopic (exact) mass is 388 g/mol. The number of hydrogen-bond acceptors (Lipinski definition) is 7. The van der Waals surface area contributed by atoms with Gasteiger partial charge in [0.1, 0.15) is 22.5 Å². The lowest BCUT2D eigenvalue weighted by molar-refractivity contribution is 0.0675. The highest BCUT2D eigenvalue weighted by atomic mass is 32.2. The van der Waals surface area contributed by atoms with Crippen LogP contribution in [0.15, 0.2) is 47.4 Å². The van der Waals surface area contributed by atoms with E-state index in [-0.39, 0.29) is 21.6 Å². The summed E-state index contributed by atoms with van der Waals surface area (Å²) in [5.41, 5.74) is 0.738. The van der Waals surface area contributed by atoms with Crippen LogP contribution < -0.4 is 14.8 Å². The summed E-state index contributed by atoms with van der Waals surface area (Å²) in [4.78, 5) is 4.56. The van der Waals surface area contributed by atoms with Crippen molar-refractivity contribution < 1.29 is 22.2 Å². The molecular weight excluding hydrogens is 368 g/mol. The molecule has 0 heterocycles. The van der Waals surface area contributed by atoms with Gasteiger partial charge in [-0.3, -0.25) is 0 Å². The predicted octanol–water partition coefficient (Wildman–Crippen LogP) is 2.68. The minimum Gasteiger partial charge on any atom is -0.493 e. The molecule has 2 aromatic rings. The van der Waals surface area contributed by atoms with Crippen molar-refractivity contribution in [2.75, 3.05) is 13.2 Å². The molecule has 2 N–H and O–H groups in total. The Morgan fingerprint density at radius 3 is 2.52 bits per heavy atom. The largest absolute Gasteiger partial charge is 0.493 e. The van der Waals surface area contributed by atoms with Gasteiger partial charge in [-0.2, -0.15) is 13.7 Å². The van der Waals surface area contributed by atoms with Gasteiger partial charge in [0, 0.05) is 11.5 Å². The van der Waals surface area contributed by atoms with E-state index in [4.69, 9.17) is 24.9 Å². The SMILES string of the molecule is Cc1cc(OCC2(CON)CC2)cc(OS(=O)(=O)c2ccccc2C#N)c1. The fourth-order valence-electron chi connectivity index (χ4n) is 2.71. The van der Waals surface area contributed by atoms with Crippen LogP contribution in [0.2, 0.25) is 0 Å². The summed E-state index contributed by atoms with van der Waals surface area (Å²) in [6.07, 6.45) is 1.94. The first-order chi connectivity index (χ1) is 12.9. The summed E-state index contributed by atoms with van der Waals surface area (Å²) < 4.78 is 36.2. The van der Waals surface area contributed by atoms with Gasteiger partial charge >= 0.3 is 10.1 Å². The third-order valence-electron chi connectivity index (χ3n) is 4.40. The number of hydrogen-bond donors (Lipinski definition) is 1. The number of nitrogens with two attached hydrogens (primary N) is 1. The highest BCUT2D eigenvalue weighted by Gasteiger charge is 2.44. The number of nitrogens with zero attached hydrogens (tertiary/aromatic N) is 1. The number of nitriles is 1. The molecule has 0 spiro atoms. The molecule has 2 aromatic carbocycles. The highest BCUT2D eigenvalue weighted by molar-refractivity contribution is 7.87. The Morgan fingerprint density at radius 2 is 1.85 bits per heavy atom. The summed E-state index contributed by atoms with van der Waals surface area (Å²) in [7, 11) is -4.14. The molecule has 7 nitrogen and oxygen atoms in total. The van der Waals surface area contributed by atoms with Crippen LogP contribution in [0.5, 0.6) is 11.5 Å². The summed E-state index contributed by atoms with van der Waals surface area (Å²) in [6, 6.07) is 12.7. The topological polar surface area (TPSA) is 112 Å². The van der Waals surface area contributed by atoms with Gasteiger partial charge in [0.05, 0.1) is 18.8 Å². The quantitative estimate of drug-likeness (QED) is 0.546. The minimum absolute atomic E-state index is 0.0269. The van der Waals surface area contributed by atoms with Crippen molar-refractivity contribution >= 4 is 10.1 Å². The first kappa shape index (κ1) is 19.2. The van der Waals surface area contributed by atoms with E-state index < -0.39 is 10.1 Å². The minimum atomic E-state index is -4.14. The molecular formula is C19H20N2O5S. The molecule has 142 valence electrons. The molecule has 1 saturated carbocycles. The van der Waals surface area contributed by atoms with Crippen LogP contribution in [0.3, 0.4) is 0 Å². The maximum atomic E-state index is 12.6. The zero-order valence-corrected chi connectivity index (χ0v) is 15.7. The Morgan fingerprint density at radius 1 is 1.15 bits per heavy atom. The van der Waals surface area contributed by atoms with E-state index >= 15 is 0 Å². The first-order valence-electron chi connectivity index (χ1n) is 8.37. The Bertz CT molecular complexity index is 978. The highest BCUT2D eigenvalue weighted by Crippen LogP contribution is 2.46. The van der Waals surface area contributed by atoms with E-state index in [1.54, 1.807) is 18.2 Å². The standard InChI is InChI=1S/C19H20N2O5S/c1-14-8-16(24-12-19(6-7-19)13-25-21)10-17(9-14)26-27(22,23)18-5-3-2-4-15(18)11-20/h2-5,8-10H,6-7,12-13,21H2,1H3. The molecule has 0 aliphatic heterocycles. The Hall–Kier alpha value is -2.60. The third-order valence-corrected chi connectivity index (χ3v) is 5.71. The average Bonchev–Trinajstić information content (AvgIpc) is 3.39. The van der Waals surface area contributed by atoms with E-state index in [2.05, 4.69) is 0 Å². The third kappa shape index (κ3) is 4.57. The average molecular weight is 388 g/mol. The van der Waals surface area contributed by atoms with Crippen molar-refractivity contribution in [2.45, 2.75) is 24.7 Å². The Labute approximate surface area is 158 Å². The number of rotatable bonds is 8. The lowest BCUT2D eigenvalue weighted by Gasteiger charge is -2.16. The van der Waals surface area contributed by atoms with Crippen LogP contribution in [0.4, 0.5) is 0 Å². The lowest BCUT2D eigenvalue weighted by atomic mass is 10.1. The zero-order chi connectivity index (χ0) is 19.5. The van der Waals surface area contributed by atoms with Crippen molar-refractivity contribution in [2.24, 2.45) is 11.3 Å². The maximum absolute atomic E-state index is 12.6. The fraction of sp³-hybridized carbons (Fsp3) is 0.316. The van der Waals surface area contributed by atoms with Crippen molar-refractivity contribution in [1.29, 1.82) is 5.26 Å². The van der Waals surface area contributed by atoms with Gasteiger partial charge in [-0.1, -0.05) is 12.1 Å². The van der Waals surface area contributed by atoms with Crippen LogP contribution in [0.1, 0.15) is 24.0 Å². The normalized spacial score (nSPS) is 15.0. The second-order valence-corrected chi connectivity index (χ2v) is 8.24. The van der Waals surface area contributed by atoms with Gasteiger partial charge in [-0.15, -0.1) is 0 Å². The fourth-order valence-corrected chi connectivity index (χ4v) is 3.78. The van der Waals surface area contributed by atoms with Crippen LogP contribution in [0.25, 0.3) is 0 Å². The summed E-state index contributed by atoms with van der Waals surface area (Å²) in [6.45, 7) is 2.66. The van der Waals surface area contributed by atoms with Crippen molar-refractivity contribution in [3.63, 3.8) is 0 Å². The molecule has 0 radical (unpaired) electrons. The van der Waals surface area contributed by atoms with Gasteiger partial charge in [0.15, 0.2) is 0 Å². The number of aryl methyl sites for hydroxylation is 1. The second kappa shape index (κ2) is 7.56. The van der Waals surface area contributed by atoms with E-state index in [9.17, 15) is 8.42 Å². The van der Waals surface area contributed by atoms with E-state index in [1.165, 1.54) is 24.3 Å². The Kier molecular flexibility index (Phi) is 5.37. The summed E-state index contributed by atoms with van der Waals surface area (Å²) in [5, 5.41) is 9.12. The molecule has 1 aliphatic rings. The molecule has 0 bridgehead atoms. The van der Waals surface area contributed by atoms with E-state index in [1.807, 2.05) is 13.0 Å². The van der Waals surface area contributed by atoms with Crippen LogP contribution in [0, 0.1) is 23.7 Å². The molecule has 3 rings (SSSR count). The smallest absolute Gasteiger partial charge is 0.340 e. The molecule has 0 unspecified atom stereocenters. The molecule has 1 aliphatic carbocycles. The molecule has 27 heavy (non-hydrogen) atoms.